The SMILES string of the molecule is C=CCCCCOC(=O)[C@@H]1[C@H]2C(=O)N([C@@H](CO)C(C)C)C(C(=O)N(CC=C)c3ccc(OC)cc3)C23CC[C@@]1(CC)O3. The van der Waals surface area contributed by atoms with Gasteiger partial charge in [0.05, 0.1) is 37.9 Å². The van der Waals surface area contributed by atoms with E-state index in [-0.39, 0.29) is 37.5 Å². The van der Waals surface area contributed by atoms with E-state index < -0.39 is 41.1 Å². The summed E-state index contributed by atoms with van der Waals surface area (Å²) < 4.78 is 17.9. The molecule has 4 rings (SSSR count). The predicted octanol–water partition coefficient (Wildman–Crippen LogP) is 4.29. The number of rotatable bonds is 15. The minimum absolute atomic E-state index is 0.147. The molecule has 9 heteroatoms. The summed E-state index contributed by atoms with van der Waals surface area (Å²) in [6.07, 6.45) is 7.35. The fraction of sp³-hybridized carbons (Fsp3) is 0.606. The molecule has 0 saturated carbocycles. The molecule has 42 heavy (non-hydrogen) atoms. The van der Waals surface area contributed by atoms with Crippen molar-refractivity contribution >= 4 is 23.5 Å². The lowest BCUT2D eigenvalue weighted by Gasteiger charge is -2.40. The number of unbranched alkanes of at least 4 members (excludes halogenated alkanes) is 2. The van der Waals surface area contributed by atoms with Crippen molar-refractivity contribution < 1.29 is 33.7 Å². The molecule has 3 fully saturated rings. The molecule has 2 amide bonds. The Morgan fingerprint density at radius 1 is 1.19 bits per heavy atom. The third-order valence-corrected chi connectivity index (χ3v) is 9.43. The van der Waals surface area contributed by atoms with Crippen LogP contribution < -0.4 is 9.64 Å². The lowest BCUT2D eigenvalue weighted by atomic mass is 9.65. The first kappa shape index (κ1) is 31.8. The second-order valence-corrected chi connectivity index (χ2v) is 12.0. The summed E-state index contributed by atoms with van der Waals surface area (Å²) in [5, 5.41) is 10.5. The van der Waals surface area contributed by atoms with Crippen LogP contribution in [0.15, 0.2) is 49.6 Å². The minimum Gasteiger partial charge on any atom is -0.497 e. The van der Waals surface area contributed by atoms with E-state index in [1.807, 2.05) is 26.8 Å². The van der Waals surface area contributed by atoms with E-state index in [1.165, 1.54) is 4.90 Å². The van der Waals surface area contributed by atoms with Crippen molar-refractivity contribution in [3.05, 3.63) is 49.6 Å². The maximum Gasteiger partial charge on any atom is 0.312 e. The van der Waals surface area contributed by atoms with Gasteiger partial charge in [0.1, 0.15) is 23.3 Å². The van der Waals surface area contributed by atoms with Gasteiger partial charge in [0.25, 0.3) is 5.91 Å². The molecule has 3 aliphatic rings. The topological polar surface area (TPSA) is 106 Å². The van der Waals surface area contributed by atoms with Crippen LogP contribution in [-0.2, 0) is 23.9 Å². The Kier molecular flexibility index (Phi) is 9.83. The van der Waals surface area contributed by atoms with Gasteiger partial charge in [0.15, 0.2) is 0 Å². The molecular weight excluding hydrogens is 536 g/mol. The molecule has 3 saturated heterocycles. The number of anilines is 1. The van der Waals surface area contributed by atoms with Gasteiger partial charge in [-0.05, 0) is 68.7 Å². The molecule has 3 aliphatic heterocycles. The van der Waals surface area contributed by atoms with Crippen LogP contribution in [0.25, 0.3) is 0 Å². The Labute approximate surface area is 249 Å². The van der Waals surface area contributed by atoms with Gasteiger partial charge in [-0.3, -0.25) is 14.4 Å². The Hall–Kier alpha value is -3.17. The van der Waals surface area contributed by atoms with Gasteiger partial charge in [-0.1, -0.05) is 32.9 Å². The number of amides is 2. The highest BCUT2D eigenvalue weighted by atomic mass is 16.6. The summed E-state index contributed by atoms with van der Waals surface area (Å²) in [5.74, 6) is -2.33. The number of aliphatic hydroxyl groups excluding tert-OH is 1. The van der Waals surface area contributed by atoms with Crippen molar-refractivity contribution in [3.63, 3.8) is 0 Å². The standard InChI is InChI=1S/C33H46N2O7/c1-7-10-11-12-20-41-31(39)27-26-29(37)35(25(21-36)22(4)5)28(33(26)18-17-32(27,9-3)42-33)30(38)34(19-8-2)23-13-15-24(40-6)16-14-23/h7-8,13-16,22,25-28,36H,1-2,9-12,17-21H2,3-6H3/t25-,26-,27-,28?,32+,33?/m0/s1. The number of aliphatic hydroxyl groups is 1. The number of fused-ring (bicyclic) bond motifs is 1. The molecule has 230 valence electrons. The lowest BCUT2D eigenvalue weighted by molar-refractivity contribution is -0.162. The zero-order valence-electron chi connectivity index (χ0n) is 25.4. The van der Waals surface area contributed by atoms with Crippen LogP contribution >= 0.6 is 0 Å². The fourth-order valence-electron chi connectivity index (χ4n) is 7.29. The number of nitrogens with zero attached hydrogens (tertiary/aromatic N) is 2. The number of hydrogen-bond donors (Lipinski definition) is 1. The maximum absolute atomic E-state index is 14.7. The third kappa shape index (κ3) is 5.26. The number of carbonyl (C=O) groups excluding carboxylic acids is 3. The molecule has 9 nitrogen and oxygen atoms in total. The van der Waals surface area contributed by atoms with Gasteiger partial charge in [-0.15, -0.1) is 13.2 Å². The fourth-order valence-corrected chi connectivity index (χ4v) is 7.29. The van der Waals surface area contributed by atoms with E-state index in [0.29, 0.717) is 37.1 Å². The largest absolute Gasteiger partial charge is 0.497 e. The highest BCUT2D eigenvalue weighted by molar-refractivity contribution is 6.05. The predicted molar refractivity (Wildman–Crippen MR) is 160 cm³/mol. The van der Waals surface area contributed by atoms with Crippen LogP contribution in [-0.4, -0.2) is 77.9 Å². The Bertz CT molecular complexity index is 1170. The van der Waals surface area contributed by atoms with Crippen LogP contribution in [0.1, 0.15) is 59.3 Å². The Morgan fingerprint density at radius 2 is 1.90 bits per heavy atom. The highest BCUT2D eigenvalue weighted by Gasteiger charge is 2.79. The van der Waals surface area contributed by atoms with E-state index in [1.54, 1.807) is 42.4 Å². The number of likely N-dealkylation sites (tertiary alicyclic amines) is 1. The van der Waals surface area contributed by atoms with Crippen LogP contribution in [0, 0.1) is 17.8 Å². The molecule has 1 aromatic rings. The average molecular weight is 583 g/mol. The molecule has 2 bridgehead atoms. The Morgan fingerprint density at radius 3 is 2.48 bits per heavy atom. The number of carbonyl (C=O) groups is 3. The van der Waals surface area contributed by atoms with Crippen molar-refractivity contribution in [2.45, 2.75) is 82.6 Å². The zero-order chi connectivity index (χ0) is 30.7. The van der Waals surface area contributed by atoms with Crippen LogP contribution in [0.4, 0.5) is 5.69 Å². The summed E-state index contributed by atoms with van der Waals surface area (Å²) >= 11 is 0. The molecule has 1 spiro atoms. The molecule has 0 radical (unpaired) electrons. The van der Waals surface area contributed by atoms with E-state index in [4.69, 9.17) is 14.2 Å². The smallest absolute Gasteiger partial charge is 0.312 e. The monoisotopic (exact) mass is 582 g/mol. The van der Waals surface area contributed by atoms with E-state index >= 15 is 0 Å². The maximum atomic E-state index is 14.7. The zero-order valence-corrected chi connectivity index (χ0v) is 25.4. The highest BCUT2D eigenvalue weighted by Crippen LogP contribution is 2.65. The minimum atomic E-state index is -1.22. The van der Waals surface area contributed by atoms with Crippen molar-refractivity contribution in [1.29, 1.82) is 0 Å². The molecular formula is C33H46N2O7. The van der Waals surface area contributed by atoms with Crippen molar-refractivity contribution in [3.8, 4) is 5.75 Å². The molecule has 6 atom stereocenters. The van der Waals surface area contributed by atoms with Gasteiger partial charge in [0, 0.05) is 12.2 Å². The summed E-state index contributed by atoms with van der Waals surface area (Å²) in [7, 11) is 1.57. The number of ether oxygens (including phenoxy) is 3. The molecule has 2 unspecified atom stereocenters. The molecule has 0 aromatic heterocycles. The van der Waals surface area contributed by atoms with Crippen molar-refractivity contribution in [1.82, 2.24) is 4.90 Å². The number of hydrogen-bond acceptors (Lipinski definition) is 7. The van der Waals surface area contributed by atoms with E-state index in [2.05, 4.69) is 13.2 Å². The Balaban J connectivity index is 1.77. The van der Waals surface area contributed by atoms with Gasteiger partial charge < -0.3 is 29.1 Å². The summed E-state index contributed by atoms with van der Waals surface area (Å²) in [5.41, 5.74) is -1.49. The normalized spacial score (nSPS) is 28.5. The molecule has 1 N–H and O–H groups in total. The van der Waals surface area contributed by atoms with E-state index in [9.17, 15) is 19.5 Å². The van der Waals surface area contributed by atoms with Crippen LogP contribution in [0.3, 0.4) is 0 Å². The molecule has 3 heterocycles. The summed E-state index contributed by atoms with van der Waals surface area (Å²) in [6.45, 7) is 13.5. The second kappa shape index (κ2) is 13.0. The first-order chi connectivity index (χ1) is 20.2. The molecule has 0 aliphatic carbocycles. The number of esters is 1. The van der Waals surface area contributed by atoms with E-state index in [0.717, 1.165) is 12.8 Å². The van der Waals surface area contributed by atoms with Crippen LogP contribution in [0.2, 0.25) is 0 Å². The molecule has 1 aromatic carbocycles. The van der Waals surface area contributed by atoms with Crippen molar-refractivity contribution in [2.75, 3.05) is 31.8 Å². The van der Waals surface area contributed by atoms with Gasteiger partial charge in [0.2, 0.25) is 5.91 Å². The van der Waals surface area contributed by atoms with Gasteiger partial charge >= 0.3 is 5.97 Å². The van der Waals surface area contributed by atoms with Crippen LogP contribution in [0.5, 0.6) is 5.75 Å². The summed E-state index contributed by atoms with van der Waals surface area (Å²) in [4.78, 5) is 46.0. The van der Waals surface area contributed by atoms with Gasteiger partial charge in [-0.25, -0.2) is 0 Å². The first-order valence-electron chi connectivity index (χ1n) is 15.1. The number of benzene rings is 1. The number of allylic oxidation sites excluding steroid dienone is 1. The average Bonchev–Trinajstić information content (AvgIpc) is 3.59. The van der Waals surface area contributed by atoms with Crippen molar-refractivity contribution in [2.24, 2.45) is 17.8 Å². The third-order valence-electron chi connectivity index (χ3n) is 9.43. The quantitative estimate of drug-likeness (QED) is 0.187. The number of methoxy groups -OCH3 is 1. The first-order valence-corrected chi connectivity index (χ1v) is 15.1. The summed E-state index contributed by atoms with van der Waals surface area (Å²) in [6, 6.07) is 5.45. The lowest BCUT2D eigenvalue weighted by Crippen LogP contribution is -2.60. The van der Waals surface area contributed by atoms with Gasteiger partial charge in [-0.2, -0.15) is 0 Å². The second-order valence-electron chi connectivity index (χ2n) is 12.0.